The van der Waals surface area contributed by atoms with Crippen LogP contribution in [0.2, 0.25) is 0 Å². The fourth-order valence-electron chi connectivity index (χ4n) is 5.16. The van der Waals surface area contributed by atoms with Crippen LogP contribution in [-0.4, -0.2) is 54.3 Å². The minimum atomic E-state index is -0.226. The van der Waals surface area contributed by atoms with Gasteiger partial charge < -0.3 is 9.47 Å². The molecule has 5 heteroatoms. The summed E-state index contributed by atoms with van der Waals surface area (Å²) >= 11 is 0. The van der Waals surface area contributed by atoms with Crippen molar-refractivity contribution >= 4 is 6.09 Å². The van der Waals surface area contributed by atoms with E-state index in [1.165, 1.54) is 36.0 Å². The molecule has 164 valence electrons. The molecule has 3 aliphatic rings. The van der Waals surface area contributed by atoms with Crippen LogP contribution in [0.5, 0.6) is 0 Å². The summed E-state index contributed by atoms with van der Waals surface area (Å²) < 4.78 is 11.3. The van der Waals surface area contributed by atoms with Gasteiger partial charge in [-0.05, 0) is 54.0 Å². The Bertz CT molecular complexity index is 899. The summed E-state index contributed by atoms with van der Waals surface area (Å²) in [5, 5.41) is 0. The molecule has 0 radical (unpaired) electrons. The molecule has 2 aromatic carbocycles. The first-order chi connectivity index (χ1) is 15.2. The van der Waals surface area contributed by atoms with Gasteiger partial charge in [0.05, 0.1) is 19.8 Å². The smallest absolute Gasteiger partial charge is 0.410 e. The number of carbonyl (C=O) groups is 1. The molecule has 0 atom stereocenters. The van der Waals surface area contributed by atoms with E-state index in [0.29, 0.717) is 6.54 Å². The van der Waals surface area contributed by atoms with Crippen molar-refractivity contribution in [3.05, 3.63) is 59.7 Å². The molecule has 5 rings (SSSR count). The van der Waals surface area contributed by atoms with E-state index in [1.807, 2.05) is 4.90 Å². The highest BCUT2D eigenvalue weighted by atomic mass is 16.6. The van der Waals surface area contributed by atoms with E-state index in [0.717, 1.165) is 57.8 Å². The maximum Gasteiger partial charge on any atom is 0.410 e. The van der Waals surface area contributed by atoms with Crippen LogP contribution in [0.1, 0.15) is 43.2 Å². The maximum atomic E-state index is 12.4. The molecule has 0 aromatic heterocycles. The fraction of sp³-hybridized carbons (Fsp3) is 0.500. The maximum absolute atomic E-state index is 12.4. The van der Waals surface area contributed by atoms with Crippen LogP contribution in [0.25, 0.3) is 11.1 Å². The first kappa shape index (κ1) is 20.5. The molecule has 0 unspecified atom stereocenters. The lowest BCUT2D eigenvalue weighted by molar-refractivity contribution is 0.0260. The molecule has 1 aliphatic carbocycles. The highest BCUT2D eigenvalue weighted by Crippen LogP contribution is 2.37. The zero-order valence-electron chi connectivity index (χ0n) is 18.2. The Morgan fingerprint density at radius 1 is 0.839 bits per heavy atom. The Labute approximate surface area is 184 Å². The number of amides is 1. The predicted octanol–water partition coefficient (Wildman–Crippen LogP) is 4.84. The third-order valence-electron chi connectivity index (χ3n) is 6.90. The number of ether oxygens (including phenoxy) is 2. The van der Waals surface area contributed by atoms with Gasteiger partial charge in [0.2, 0.25) is 0 Å². The Morgan fingerprint density at radius 3 is 2.39 bits per heavy atom. The van der Waals surface area contributed by atoms with Crippen LogP contribution in [0.3, 0.4) is 0 Å². The highest BCUT2D eigenvalue weighted by molar-refractivity contribution is 5.71. The summed E-state index contributed by atoms with van der Waals surface area (Å²) in [6.45, 7) is 5.97. The van der Waals surface area contributed by atoms with Gasteiger partial charge in [-0.3, -0.25) is 9.80 Å². The standard InChI is InChI=1S/C26H32N2O3/c29-25-28(20-26(31-25)11-2-1-3-12-26)19-21-7-9-23(10-8-21)24-6-4-5-22(17-24)18-27-13-15-30-16-14-27/h4-10,17H,1-3,11-16,18-20H2. The number of rotatable bonds is 5. The van der Waals surface area contributed by atoms with Crippen molar-refractivity contribution in [2.75, 3.05) is 32.8 Å². The van der Waals surface area contributed by atoms with E-state index < -0.39 is 0 Å². The number of carbonyl (C=O) groups excluding carboxylic acids is 1. The SMILES string of the molecule is O=C1OC2(CCCCC2)CN1Cc1ccc(-c2cccc(CN3CCOCC3)c2)cc1. The molecule has 3 fully saturated rings. The molecule has 0 bridgehead atoms. The number of nitrogens with zero attached hydrogens (tertiary/aromatic N) is 2. The fourth-order valence-corrected chi connectivity index (χ4v) is 5.16. The topological polar surface area (TPSA) is 42.0 Å². The lowest BCUT2D eigenvalue weighted by Crippen LogP contribution is -2.36. The van der Waals surface area contributed by atoms with Crippen molar-refractivity contribution in [1.29, 1.82) is 0 Å². The average molecular weight is 421 g/mol. The lowest BCUT2D eigenvalue weighted by Gasteiger charge is -2.30. The van der Waals surface area contributed by atoms with E-state index in [4.69, 9.17) is 9.47 Å². The van der Waals surface area contributed by atoms with Gasteiger partial charge >= 0.3 is 6.09 Å². The van der Waals surface area contributed by atoms with E-state index in [2.05, 4.69) is 53.4 Å². The first-order valence-corrected chi connectivity index (χ1v) is 11.7. The number of hydrogen-bond donors (Lipinski definition) is 0. The van der Waals surface area contributed by atoms with Gasteiger partial charge in [-0.25, -0.2) is 4.79 Å². The molecule has 2 saturated heterocycles. The molecule has 31 heavy (non-hydrogen) atoms. The van der Waals surface area contributed by atoms with Crippen molar-refractivity contribution in [1.82, 2.24) is 9.80 Å². The van der Waals surface area contributed by atoms with Gasteiger partial charge in [0.15, 0.2) is 0 Å². The third kappa shape index (κ3) is 4.78. The predicted molar refractivity (Wildman–Crippen MR) is 121 cm³/mol. The summed E-state index contributed by atoms with van der Waals surface area (Å²) in [7, 11) is 0. The summed E-state index contributed by atoms with van der Waals surface area (Å²) in [6, 6.07) is 17.4. The average Bonchev–Trinajstić information content (AvgIpc) is 3.09. The van der Waals surface area contributed by atoms with E-state index in [1.54, 1.807) is 0 Å². The number of benzene rings is 2. The Kier molecular flexibility index (Phi) is 5.97. The van der Waals surface area contributed by atoms with Crippen molar-refractivity contribution in [3.8, 4) is 11.1 Å². The van der Waals surface area contributed by atoms with Crippen molar-refractivity contribution in [3.63, 3.8) is 0 Å². The normalized spacial score (nSPS) is 21.4. The summed E-state index contributed by atoms with van der Waals surface area (Å²) in [5.74, 6) is 0. The summed E-state index contributed by atoms with van der Waals surface area (Å²) in [4.78, 5) is 16.8. The van der Waals surface area contributed by atoms with Gasteiger partial charge in [0.1, 0.15) is 5.60 Å². The largest absolute Gasteiger partial charge is 0.441 e. The first-order valence-electron chi connectivity index (χ1n) is 11.7. The lowest BCUT2D eigenvalue weighted by atomic mass is 9.85. The Balaban J connectivity index is 1.23. The molecule has 1 spiro atoms. The van der Waals surface area contributed by atoms with Crippen molar-refractivity contribution in [2.45, 2.75) is 50.8 Å². The Morgan fingerprint density at radius 2 is 1.61 bits per heavy atom. The van der Waals surface area contributed by atoms with Crippen LogP contribution in [0.4, 0.5) is 4.79 Å². The van der Waals surface area contributed by atoms with Gasteiger partial charge in [0.25, 0.3) is 0 Å². The molecule has 1 saturated carbocycles. The van der Waals surface area contributed by atoms with Crippen molar-refractivity contribution < 1.29 is 14.3 Å². The highest BCUT2D eigenvalue weighted by Gasteiger charge is 2.45. The molecule has 0 N–H and O–H groups in total. The second-order valence-corrected chi connectivity index (χ2v) is 9.25. The van der Waals surface area contributed by atoms with Crippen LogP contribution in [0.15, 0.2) is 48.5 Å². The van der Waals surface area contributed by atoms with Gasteiger partial charge in [0, 0.05) is 26.2 Å². The van der Waals surface area contributed by atoms with Gasteiger partial charge in [-0.2, -0.15) is 0 Å². The van der Waals surface area contributed by atoms with Crippen LogP contribution < -0.4 is 0 Å². The molecule has 1 amide bonds. The van der Waals surface area contributed by atoms with Crippen LogP contribution >= 0.6 is 0 Å². The molecular weight excluding hydrogens is 388 g/mol. The van der Waals surface area contributed by atoms with Gasteiger partial charge in [-0.15, -0.1) is 0 Å². The Hall–Kier alpha value is -2.37. The summed E-state index contributed by atoms with van der Waals surface area (Å²) in [5.41, 5.74) is 4.70. The number of morpholine rings is 1. The molecule has 2 aromatic rings. The zero-order valence-corrected chi connectivity index (χ0v) is 18.2. The van der Waals surface area contributed by atoms with Crippen molar-refractivity contribution in [2.24, 2.45) is 0 Å². The monoisotopic (exact) mass is 420 g/mol. The van der Waals surface area contributed by atoms with E-state index in [-0.39, 0.29) is 11.7 Å². The molecular formula is C26H32N2O3. The second kappa shape index (κ2) is 9.01. The van der Waals surface area contributed by atoms with E-state index >= 15 is 0 Å². The third-order valence-corrected chi connectivity index (χ3v) is 6.90. The minimum absolute atomic E-state index is 0.151. The second-order valence-electron chi connectivity index (χ2n) is 9.25. The van der Waals surface area contributed by atoms with Crippen LogP contribution in [-0.2, 0) is 22.6 Å². The number of hydrogen-bond acceptors (Lipinski definition) is 4. The minimum Gasteiger partial charge on any atom is -0.441 e. The zero-order chi connectivity index (χ0) is 21.1. The van der Waals surface area contributed by atoms with Gasteiger partial charge in [-0.1, -0.05) is 48.9 Å². The molecule has 2 aliphatic heterocycles. The quantitative estimate of drug-likeness (QED) is 0.694. The summed E-state index contributed by atoms with van der Waals surface area (Å²) in [6.07, 6.45) is 5.46. The molecule has 5 nitrogen and oxygen atoms in total. The van der Waals surface area contributed by atoms with Crippen LogP contribution in [0, 0.1) is 0 Å². The van der Waals surface area contributed by atoms with E-state index in [9.17, 15) is 4.79 Å². The molecule has 2 heterocycles.